The molecule has 0 unspecified atom stereocenters. The highest BCUT2D eigenvalue weighted by molar-refractivity contribution is 7.99. The quantitative estimate of drug-likeness (QED) is 0.406. The Hall–Kier alpha value is -3.38. The summed E-state index contributed by atoms with van der Waals surface area (Å²) in [6, 6.07) is 24.0. The summed E-state index contributed by atoms with van der Waals surface area (Å²) in [6.07, 6.45) is 0. The molecule has 1 amide bonds. The highest BCUT2D eigenvalue weighted by Crippen LogP contribution is 2.25. The molecule has 0 atom stereocenters. The van der Waals surface area contributed by atoms with Gasteiger partial charge in [0.15, 0.2) is 0 Å². The van der Waals surface area contributed by atoms with Gasteiger partial charge in [-0.2, -0.15) is 0 Å². The van der Waals surface area contributed by atoms with Crippen molar-refractivity contribution in [2.45, 2.75) is 19.1 Å². The minimum atomic E-state index is -0.126. The van der Waals surface area contributed by atoms with Gasteiger partial charge in [0, 0.05) is 11.3 Å². The largest absolute Gasteiger partial charge is 0.411 e. The molecule has 0 aliphatic rings. The molecule has 6 heteroatoms. The van der Waals surface area contributed by atoms with E-state index in [2.05, 4.69) is 33.7 Å². The molecule has 4 aromatic rings. The molecular weight excluding hydrogens is 394 g/mol. The first-order valence-electron chi connectivity index (χ1n) is 9.57. The lowest BCUT2D eigenvalue weighted by atomic mass is 10.1. The lowest BCUT2D eigenvalue weighted by Gasteiger charge is -2.06. The summed E-state index contributed by atoms with van der Waals surface area (Å²) in [5.41, 5.74) is 6.15. The van der Waals surface area contributed by atoms with Crippen molar-refractivity contribution in [1.29, 1.82) is 0 Å². The third-order valence-electron chi connectivity index (χ3n) is 4.48. The molecule has 0 saturated heterocycles. The van der Waals surface area contributed by atoms with Crippen LogP contribution in [0.4, 0.5) is 5.69 Å². The van der Waals surface area contributed by atoms with Crippen LogP contribution in [0.25, 0.3) is 22.6 Å². The fourth-order valence-electron chi connectivity index (χ4n) is 3.18. The first-order chi connectivity index (χ1) is 14.6. The second kappa shape index (κ2) is 8.97. The zero-order chi connectivity index (χ0) is 20.9. The Morgan fingerprint density at radius 3 is 2.23 bits per heavy atom. The summed E-state index contributed by atoms with van der Waals surface area (Å²) in [5.74, 6) is 0.523. The number of hydrogen-bond donors (Lipinski definition) is 1. The van der Waals surface area contributed by atoms with Gasteiger partial charge in [0.1, 0.15) is 0 Å². The van der Waals surface area contributed by atoms with Gasteiger partial charge in [-0.05, 0) is 49.2 Å². The lowest BCUT2D eigenvalue weighted by molar-refractivity contribution is -0.113. The number of aromatic nitrogens is 2. The van der Waals surface area contributed by atoms with Crippen molar-refractivity contribution in [2.24, 2.45) is 0 Å². The molecule has 1 N–H and O–H groups in total. The number of nitrogens with zero attached hydrogens (tertiary/aromatic N) is 2. The molecule has 4 rings (SSSR count). The van der Waals surface area contributed by atoms with Gasteiger partial charge in [0.25, 0.3) is 5.22 Å². The van der Waals surface area contributed by atoms with Crippen LogP contribution in [0.2, 0.25) is 0 Å². The topological polar surface area (TPSA) is 68.0 Å². The van der Waals surface area contributed by atoms with Crippen LogP contribution in [0.3, 0.4) is 0 Å². The van der Waals surface area contributed by atoms with Crippen LogP contribution in [-0.4, -0.2) is 21.9 Å². The van der Waals surface area contributed by atoms with E-state index in [1.54, 1.807) is 0 Å². The Balaban J connectivity index is 1.33. The van der Waals surface area contributed by atoms with Crippen LogP contribution < -0.4 is 5.32 Å². The summed E-state index contributed by atoms with van der Waals surface area (Å²) in [7, 11) is 0. The average molecular weight is 416 g/mol. The van der Waals surface area contributed by atoms with Gasteiger partial charge < -0.3 is 9.73 Å². The van der Waals surface area contributed by atoms with Gasteiger partial charge in [-0.25, -0.2) is 0 Å². The fraction of sp³-hybridized carbons (Fsp3) is 0.125. The molecule has 3 aromatic carbocycles. The standard InChI is InChI=1S/C24H21N3O2S/c1-16-12-17(2)14-20(13-16)23-26-27-24(29-23)30-15-22(28)25-21-10-8-19(9-11-21)18-6-4-3-5-7-18/h3-14H,15H2,1-2H3,(H,25,28). The van der Waals surface area contributed by atoms with Gasteiger partial charge in [0.2, 0.25) is 11.8 Å². The van der Waals surface area contributed by atoms with Gasteiger partial charge in [-0.15, -0.1) is 10.2 Å². The molecule has 0 saturated carbocycles. The van der Waals surface area contributed by atoms with Gasteiger partial charge >= 0.3 is 0 Å². The number of benzene rings is 3. The maximum absolute atomic E-state index is 12.3. The Labute approximate surface area is 179 Å². The van der Waals surface area contributed by atoms with Crippen LogP contribution in [0.1, 0.15) is 11.1 Å². The maximum Gasteiger partial charge on any atom is 0.277 e. The van der Waals surface area contributed by atoms with Crippen molar-refractivity contribution in [3.05, 3.63) is 83.9 Å². The average Bonchev–Trinajstić information content (AvgIpc) is 3.22. The Morgan fingerprint density at radius 2 is 1.53 bits per heavy atom. The minimum absolute atomic E-state index is 0.126. The molecule has 150 valence electrons. The predicted octanol–water partition coefficient (Wildman–Crippen LogP) is 5.75. The highest BCUT2D eigenvalue weighted by atomic mass is 32.2. The van der Waals surface area contributed by atoms with Gasteiger partial charge in [-0.3, -0.25) is 4.79 Å². The van der Waals surface area contributed by atoms with E-state index in [1.165, 1.54) is 11.8 Å². The van der Waals surface area contributed by atoms with E-state index in [0.717, 1.165) is 33.5 Å². The highest BCUT2D eigenvalue weighted by Gasteiger charge is 2.12. The summed E-state index contributed by atoms with van der Waals surface area (Å²) in [5, 5.41) is 11.4. The number of carbonyl (C=O) groups is 1. The smallest absolute Gasteiger partial charge is 0.277 e. The summed E-state index contributed by atoms with van der Waals surface area (Å²) in [6.45, 7) is 4.05. The van der Waals surface area contributed by atoms with Crippen LogP contribution in [0.15, 0.2) is 82.4 Å². The molecule has 0 aliphatic carbocycles. The van der Waals surface area contributed by atoms with Crippen molar-refractivity contribution in [1.82, 2.24) is 10.2 Å². The second-order valence-corrected chi connectivity index (χ2v) is 7.96. The predicted molar refractivity (Wildman–Crippen MR) is 120 cm³/mol. The van der Waals surface area contributed by atoms with E-state index in [9.17, 15) is 4.79 Å². The number of hydrogen-bond acceptors (Lipinski definition) is 5. The molecule has 0 radical (unpaired) electrons. The maximum atomic E-state index is 12.3. The zero-order valence-corrected chi connectivity index (χ0v) is 17.6. The third-order valence-corrected chi connectivity index (χ3v) is 5.30. The number of anilines is 1. The molecule has 0 fully saturated rings. The van der Waals surface area contributed by atoms with Crippen LogP contribution >= 0.6 is 11.8 Å². The van der Waals surface area contributed by atoms with E-state index < -0.39 is 0 Å². The lowest BCUT2D eigenvalue weighted by Crippen LogP contribution is -2.13. The molecule has 0 spiro atoms. The normalized spacial score (nSPS) is 10.7. The van der Waals surface area contributed by atoms with E-state index in [4.69, 9.17) is 4.42 Å². The van der Waals surface area contributed by atoms with Crippen molar-refractivity contribution in [2.75, 3.05) is 11.1 Å². The Morgan fingerprint density at radius 1 is 0.867 bits per heavy atom. The molecular formula is C24H21N3O2S. The van der Waals surface area contributed by atoms with E-state index >= 15 is 0 Å². The third kappa shape index (κ3) is 4.96. The number of carbonyl (C=O) groups excluding carboxylic acids is 1. The Bertz CT molecular complexity index is 1130. The van der Waals surface area contributed by atoms with Crippen molar-refractivity contribution >= 4 is 23.4 Å². The van der Waals surface area contributed by atoms with Crippen LogP contribution in [-0.2, 0) is 4.79 Å². The number of amides is 1. The van der Waals surface area contributed by atoms with E-state index in [1.807, 2.05) is 68.4 Å². The Kier molecular flexibility index (Phi) is 5.95. The van der Waals surface area contributed by atoms with Gasteiger partial charge in [-0.1, -0.05) is 71.4 Å². The first-order valence-corrected chi connectivity index (χ1v) is 10.6. The monoisotopic (exact) mass is 415 g/mol. The first kappa shape index (κ1) is 19.9. The number of thioether (sulfide) groups is 1. The van der Waals surface area contributed by atoms with Crippen molar-refractivity contribution in [3.63, 3.8) is 0 Å². The SMILES string of the molecule is Cc1cc(C)cc(-c2nnc(SCC(=O)Nc3ccc(-c4ccccc4)cc3)o2)c1. The summed E-state index contributed by atoms with van der Waals surface area (Å²) >= 11 is 1.22. The van der Waals surface area contributed by atoms with E-state index in [-0.39, 0.29) is 11.7 Å². The molecule has 5 nitrogen and oxygen atoms in total. The van der Waals surface area contributed by atoms with Crippen molar-refractivity contribution < 1.29 is 9.21 Å². The number of nitrogens with one attached hydrogen (secondary N) is 1. The molecule has 0 bridgehead atoms. The molecule has 30 heavy (non-hydrogen) atoms. The number of rotatable bonds is 6. The molecule has 1 heterocycles. The van der Waals surface area contributed by atoms with Crippen LogP contribution in [0, 0.1) is 13.8 Å². The van der Waals surface area contributed by atoms with Crippen LogP contribution in [0.5, 0.6) is 0 Å². The molecule has 0 aliphatic heterocycles. The van der Waals surface area contributed by atoms with Gasteiger partial charge in [0.05, 0.1) is 5.75 Å². The molecule has 1 aromatic heterocycles. The fourth-order valence-corrected chi connectivity index (χ4v) is 3.75. The number of aryl methyl sites for hydroxylation is 2. The van der Waals surface area contributed by atoms with Crippen molar-refractivity contribution in [3.8, 4) is 22.6 Å². The summed E-state index contributed by atoms with van der Waals surface area (Å²) < 4.78 is 5.71. The second-order valence-electron chi connectivity index (χ2n) is 7.03. The summed E-state index contributed by atoms with van der Waals surface area (Å²) in [4.78, 5) is 12.3. The van der Waals surface area contributed by atoms with E-state index in [0.29, 0.717) is 11.1 Å². The minimum Gasteiger partial charge on any atom is -0.411 e. The zero-order valence-electron chi connectivity index (χ0n) is 16.8.